The zero-order valence-corrected chi connectivity index (χ0v) is 15.6. The molecule has 24 heavy (non-hydrogen) atoms. The Hall–Kier alpha value is -1.48. The second-order valence-corrected chi connectivity index (χ2v) is 7.23. The Morgan fingerprint density at radius 3 is 1.62 bits per heavy atom. The van der Waals surface area contributed by atoms with Crippen molar-refractivity contribution in [3.8, 4) is 11.5 Å². The molecular formula is C18H22ClO4P. The SMILES string of the molecule is CCCc1ccccc1OP(=O)(OCl)Oc1ccccc1CCC. The molecule has 0 bridgehead atoms. The quantitative estimate of drug-likeness (QED) is 0.485. The highest BCUT2D eigenvalue weighted by atomic mass is 35.5. The minimum Gasteiger partial charge on any atom is -0.394 e. The first kappa shape index (κ1) is 18.9. The lowest BCUT2D eigenvalue weighted by atomic mass is 10.1. The number of rotatable bonds is 9. The summed E-state index contributed by atoms with van der Waals surface area (Å²) in [6, 6.07) is 14.7. The fourth-order valence-corrected chi connectivity index (χ4v) is 3.53. The van der Waals surface area contributed by atoms with Gasteiger partial charge >= 0.3 is 7.82 Å². The van der Waals surface area contributed by atoms with Crippen LogP contribution in [0.25, 0.3) is 0 Å². The maximum absolute atomic E-state index is 12.8. The van der Waals surface area contributed by atoms with Crippen molar-refractivity contribution in [1.29, 1.82) is 0 Å². The van der Waals surface area contributed by atoms with Gasteiger partial charge in [0.15, 0.2) is 0 Å². The minimum absolute atomic E-state index is 0.455. The molecule has 0 unspecified atom stereocenters. The average molecular weight is 369 g/mol. The molecule has 6 heteroatoms. The van der Waals surface area contributed by atoms with Crippen LogP contribution in [0, 0.1) is 0 Å². The summed E-state index contributed by atoms with van der Waals surface area (Å²) in [4.78, 5) is 0. The number of benzene rings is 2. The van der Waals surface area contributed by atoms with Crippen molar-refractivity contribution in [2.75, 3.05) is 0 Å². The van der Waals surface area contributed by atoms with Gasteiger partial charge in [0.2, 0.25) is 0 Å². The summed E-state index contributed by atoms with van der Waals surface area (Å²) in [7, 11) is -3.98. The monoisotopic (exact) mass is 368 g/mol. The van der Waals surface area contributed by atoms with Crippen LogP contribution >= 0.6 is 19.7 Å². The van der Waals surface area contributed by atoms with E-state index >= 15 is 0 Å². The molecule has 0 aromatic heterocycles. The van der Waals surface area contributed by atoms with Crippen molar-refractivity contribution in [3.05, 3.63) is 59.7 Å². The van der Waals surface area contributed by atoms with Gasteiger partial charge in [-0.25, -0.2) is 4.57 Å². The van der Waals surface area contributed by atoms with E-state index in [1.807, 2.05) is 24.3 Å². The van der Waals surface area contributed by atoms with Gasteiger partial charge in [-0.3, -0.25) is 0 Å². The number of aryl methyl sites for hydroxylation is 2. The van der Waals surface area contributed by atoms with Crippen molar-refractivity contribution >= 4 is 19.7 Å². The number of hydrogen-bond donors (Lipinski definition) is 0. The largest absolute Gasteiger partial charge is 0.604 e. The molecule has 0 N–H and O–H groups in total. The molecule has 0 aliphatic carbocycles. The van der Waals surface area contributed by atoms with Crippen LogP contribution in [-0.2, 0) is 21.5 Å². The molecule has 0 radical (unpaired) electrons. The Morgan fingerprint density at radius 2 is 1.25 bits per heavy atom. The summed E-state index contributed by atoms with van der Waals surface area (Å²) in [6.07, 6.45) is 3.47. The topological polar surface area (TPSA) is 44.8 Å². The van der Waals surface area contributed by atoms with Crippen LogP contribution < -0.4 is 9.05 Å². The van der Waals surface area contributed by atoms with E-state index in [0.717, 1.165) is 36.8 Å². The molecule has 0 saturated heterocycles. The molecule has 0 heterocycles. The summed E-state index contributed by atoms with van der Waals surface area (Å²) in [5.41, 5.74) is 1.86. The maximum atomic E-state index is 12.8. The first-order valence-corrected chi connectivity index (χ1v) is 9.84. The smallest absolute Gasteiger partial charge is 0.394 e. The first-order chi connectivity index (χ1) is 11.6. The van der Waals surface area contributed by atoms with Gasteiger partial charge < -0.3 is 9.05 Å². The van der Waals surface area contributed by atoms with Crippen molar-refractivity contribution < 1.29 is 17.7 Å². The van der Waals surface area contributed by atoms with Gasteiger partial charge in [0.25, 0.3) is 0 Å². The second kappa shape index (κ2) is 9.12. The Bertz CT molecular complexity index is 649. The predicted molar refractivity (Wildman–Crippen MR) is 96.7 cm³/mol. The molecule has 0 spiro atoms. The Labute approximate surface area is 148 Å². The van der Waals surface area contributed by atoms with E-state index in [4.69, 9.17) is 20.9 Å². The summed E-state index contributed by atoms with van der Waals surface area (Å²) in [6.45, 7) is 4.12. The fraction of sp³-hybridized carbons (Fsp3) is 0.333. The van der Waals surface area contributed by atoms with E-state index in [2.05, 4.69) is 17.9 Å². The molecular weight excluding hydrogens is 347 g/mol. The van der Waals surface area contributed by atoms with Crippen LogP contribution in [-0.4, -0.2) is 0 Å². The van der Waals surface area contributed by atoms with Crippen LogP contribution in [0.4, 0.5) is 0 Å². The van der Waals surface area contributed by atoms with Crippen molar-refractivity contribution in [2.45, 2.75) is 39.5 Å². The van der Waals surface area contributed by atoms with Crippen LogP contribution in [0.2, 0.25) is 0 Å². The number of hydrogen-bond acceptors (Lipinski definition) is 4. The molecule has 0 atom stereocenters. The lowest BCUT2D eigenvalue weighted by molar-refractivity contribution is 0.305. The molecule has 2 rings (SSSR count). The zero-order chi connectivity index (χ0) is 17.4. The highest BCUT2D eigenvalue weighted by Crippen LogP contribution is 2.52. The Balaban J connectivity index is 2.25. The van der Waals surface area contributed by atoms with Crippen molar-refractivity contribution in [1.82, 2.24) is 0 Å². The summed E-state index contributed by atoms with van der Waals surface area (Å²) in [5.74, 6) is 0.910. The maximum Gasteiger partial charge on any atom is 0.604 e. The molecule has 0 aliphatic heterocycles. The van der Waals surface area contributed by atoms with Crippen LogP contribution in [0.5, 0.6) is 11.5 Å². The predicted octanol–water partition coefficient (Wildman–Crippen LogP) is 6.33. The third-order valence-electron chi connectivity index (χ3n) is 3.49. The van der Waals surface area contributed by atoms with Gasteiger partial charge in [0, 0.05) is 0 Å². The molecule has 2 aromatic carbocycles. The standard InChI is InChI=1S/C18H22ClO4P/c1-3-9-15-11-5-7-13-17(15)21-24(20,23-19)22-18-14-8-6-12-16(18)10-4-2/h5-8,11-14H,3-4,9-10H2,1-2H3. The molecule has 0 aliphatic rings. The second-order valence-electron chi connectivity index (χ2n) is 5.41. The summed E-state index contributed by atoms with van der Waals surface area (Å²) in [5, 5.41) is 0. The lowest BCUT2D eigenvalue weighted by Crippen LogP contribution is -2.04. The third kappa shape index (κ3) is 5.01. The normalized spacial score (nSPS) is 11.3. The van der Waals surface area contributed by atoms with Gasteiger partial charge in [-0.15, -0.1) is 0 Å². The molecule has 0 saturated carbocycles. The fourth-order valence-electron chi connectivity index (χ4n) is 2.43. The lowest BCUT2D eigenvalue weighted by Gasteiger charge is -2.19. The van der Waals surface area contributed by atoms with E-state index in [-0.39, 0.29) is 0 Å². The molecule has 2 aromatic rings. The van der Waals surface area contributed by atoms with E-state index in [1.54, 1.807) is 24.3 Å². The van der Waals surface area contributed by atoms with Gasteiger partial charge in [0.05, 0.1) is 11.9 Å². The zero-order valence-electron chi connectivity index (χ0n) is 13.9. The van der Waals surface area contributed by atoms with E-state index in [9.17, 15) is 4.57 Å². The van der Waals surface area contributed by atoms with Crippen LogP contribution in [0.3, 0.4) is 0 Å². The van der Waals surface area contributed by atoms with Crippen LogP contribution in [0.1, 0.15) is 37.8 Å². The van der Waals surface area contributed by atoms with Crippen molar-refractivity contribution in [3.63, 3.8) is 0 Å². The van der Waals surface area contributed by atoms with Gasteiger partial charge in [-0.2, -0.15) is 4.08 Å². The van der Waals surface area contributed by atoms with E-state index in [1.165, 1.54) is 0 Å². The minimum atomic E-state index is -3.98. The van der Waals surface area contributed by atoms with Gasteiger partial charge in [-0.1, -0.05) is 63.1 Å². The highest BCUT2D eigenvalue weighted by Gasteiger charge is 2.32. The van der Waals surface area contributed by atoms with Gasteiger partial charge in [0.1, 0.15) is 11.5 Å². The Kier molecular flexibility index (Phi) is 7.16. The van der Waals surface area contributed by atoms with E-state index < -0.39 is 7.82 Å². The van der Waals surface area contributed by atoms with Crippen molar-refractivity contribution in [2.24, 2.45) is 0 Å². The summed E-state index contributed by atoms with van der Waals surface area (Å²) < 4.78 is 28.5. The first-order valence-electron chi connectivity index (χ1n) is 8.07. The summed E-state index contributed by atoms with van der Waals surface area (Å²) >= 11 is 5.45. The molecule has 4 nitrogen and oxygen atoms in total. The molecule has 0 amide bonds. The molecule has 130 valence electrons. The Morgan fingerprint density at radius 1 is 0.833 bits per heavy atom. The number of phosphoric ester groups is 1. The highest BCUT2D eigenvalue weighted by molar-refractivity contribution is 7.50. The third-order valence-corrected chi connectivity index (χ3v) is 5.01. The van der Waals surface area contributed by atoms with Gasteiger partial charge in [-0.05, 0) is 36.1 Å². The number of phosphoric acid groups is 1. The number of halogens is 1. The molecule has 0 fully saturated rings. The number of para-hydroxylation sites is 2. The average Bonchev–Trinajstić information content (AvgIpc) is 2.59. The van der Waals surface area contributed by atoms with Crippen LogP contribution in [0.15, 0.2) is 48.5 Å². The van der Waals surface area contributed by atoms with E-state index in [0.29, 0.717) is 11.5 Å².